The Labute approximate surface area is 176 Å². The van der Waals surface area contributed by atoms with Crippen molar-refractivity contribution in [2.45, 2.75) is 49.6 Å². The second kappa shape index (κ2) is 10.2. The molecule has 2 aromatic carbocycles. The Hall–Kier alpha value is -2.66. The van der Waals surface area contributed by atoms with Gasteiger partial charge in [0.25, 0.3) is 0 Å². The zero-order chi connectivity index (χ0) is 19.7. The van der Waals surface area contributed by atoms with Gasteiger partial charge >= 0.3 is 0 Å². The minimum absolute atomic E-state index is 0.907. The quantitative estimate of drug-likeness (QED) is 0.421. The van der Waals surface area contributed by atoms with Crippen LogP contribution in [-0.2, 0) is 25.1 Å². The first kappa shape index (κ1) is 19.6. The molecule has 148 valence electrons. The fourth-order valence-corrected chi connectivity index (χ4v) is 4.39. The Balaban J connectivity index is 1.43. The minimum Gasteiger partial charge on any atom is -0.306 e. The SMILES string of the molecule is C1=NC(CCCn2c(CCc3ccccc3)nnc2SCc2ccccc2)=CC1. The molecule has 4 rings (SSSR count). The summed E-state index contributed by atoms with van der Waals surface area (Å²) >= 11 is 1.77. The third-order valence-corrected chi connectivity index (χ3v) is 6.05. The average molecular weight is 403 g/mol. The molecule has 0 atom stereocenters. The maximum Gasteiger partial charge on any atom is 0.191 e. The summed E-state index contributed by atoms with van der Waals surface area (Å²) in [4.78, 5) is 4.44. The second-order valence-corrected chi connectivity index (χ2v) is 8.10. The number of allylic oxidation sites excluding steroid dienone is 2. The van der Waals surface area contributed by atoms with Gasteiger partial charge in [-0.1, -0.05) is 78.5 Å². The third kappa shape index (κ3) is 5.67. The lowest BCUT2D eigenvalue weighted by Gasteiger charge is -2.10. The number of aromatic nitrogens is 3. The van der Waals surface area contributed by atoms with Crippen LogP contribution in [0.15, 0.2) is 82.6 Å². The minimum atomic E-state index is 0.907. The van der Waals surface area contributed by atoms with Gasteiger partial charge in [0.05, 0.1) is 0 Å². The molecular weight excluding hydrogens is 376 g/mol. The van der Waals surface area contributed by atoms with Crippen molar-refractivity contribution in [3.05, 3.63) is 89.4 Å². The molecule has 0 saturated heterocycles. The molecule has 2 heterocycles. The number of thioether (sulfide) groups is 1. The summed E-state index contributed by atoms with van der Waals surface area (Å²) in [7, 11) is 0. The van der Waals surface area contributed by atoms with Gasteiger partial charge in [0.1, 0.15) is 5.82 Å². The first-order valence-corrected chi connectivity index (χ1v) is 11.2. The zero-order valence-corrected chi connectivity index (χ0v) is 17.4. The smallest absolute Gasteiger partial charge is 0.191 e. The Bertz CT molecular complexity index is 900. The second-order valence-electron chi connectivity index (χ2n) is 7.16. The fraction of sp³-hybridized carbons (Fsp3) is 0.292. The van der Waals surface area contributed by atoms with Crippen LogP contribution in [0.1, 0.15) is 36.2 Å². The van der Waals surface area contributed by atoms with Crippen LogP contribution in [0.25, 0.3) is 0 Å². The first-order valence-electron chi connectivity index (χ1n) is 10.2. The molecule has 29 heavy (non-hydrogen) atoms. The summed E-state index contributed by atoms with van der Waals surface area (Å²) in [6, 6.07) is 21.1. The summed E-state index contributed by atoms with van der Waals surface area (Å²) < 4.78 is 2.32. The average Bonchev–Trinajstić information content (AvgIpc) is 3.42. The van der Waals surface area contributed by atoms with Crippen molar-refractivity contribution in [2.24, 2.45) is 4.99 Å². The van der Waals surface area contributed by atoms with Gasteiger partial charge in [0.15, 0.2) is 5.16 Å². The van der Waals surface area contributed by atoms with E-state index in [0.717, 1.165) is 55.4 Å². The van der Waals surface area contributed by atoms with Crippen LogP contribution in [0.5, 0.6) is 0 Å². The lowest BCUT2D eigenvalue weighted by atomic mass is 10.1. The Morgan fingerprint density at radius 3 is 2.31 bits per heavy atom. The molecule has 0 radical (unpaired) electrons. The molecule has 0 amide bonds. The maximum absolute atomic E-state index is 4.54. The Kier molecular flexibility index (Phi) is 6.92. The van der Waals surface area contributed by atoms with E-state index >= 15 is 0 Å². The summed E-state index contributed by atoms with van der Waals surface area (Å²) in [5.41, 5.74) is 3.86. The number of benzene rings is 2. The van der Waals surface area contributed by atoms with Crippen LogP contribution in [0.4, 0.5) is 0 Å². The molecule has 1 aromatic heterocycles. The van der Waals surface area contributed by atoms with Gasteiger partial charge in [0.2, 0.25) is 0 Å². The highest BCUT2D eigenvalue weighted by Crippen LogP contribution is 2.24. The molecule has 4 nitrogen and oxygen atoms in total. The fourth-order valence-electron chi connectivity index (χ4n) is 3.45. The number of nitrogens with zero attached hydrogens (tertiary/aromatic N) is 4. The van der Waals surface area contributed by atoms with Gasteiger partial charge in [0, 0.05) is 37.1 Å². The van der Waals surface area contributed by atoms with E-state index in [2.05, 4.69) is 86.5 Å². The predicted molar refractivity (Wildman–Crippen MR) is 120 cm³/mol. The van der Waals surface area contributed by atoms with Crippen LogP contribution in [0.3, 0.4) is 0 Å². The molecule has 0 fully saturated rings. The number of hydrogen-bond donors (Lipinski definition) is 0. The molecule has 0 saturated carbocycles. The van der Waals surface area contributed by atoms with Crippen molar-refractivity contribution in [3.63, 3.8) is 0 Å². The number of hydrogen-bond acceptors (Lipinski definition) is 4. The molecular formula is C24H26N4S. The molecule has 3 aromatic rings. The first-order chi connectivity index (χ1) is 14.4. The molecule has 0 unspecified atom stereocenters. The van der Waals surface area contributed by atoms with Crippen molar-refractivity contribution >= 4 is 18.0 Å². The topological polar surface area (TPSA) is 43.1 Å². The summed E-state index contributed by atoms with van der Waals surface area (Å²) in [5.74, 6) is 1.99. The van der Waals surface area contributed by atoms with Crippen molar-refractivity contribution in [3.8, 4) is 0 Å². The molecule has 0 spiro atoms. The third-order valence-electron chi connectivity index (χ3n) is 5.01. The van der Waals surface area contributed by atoms with Crippen LogP contribution in [0, 0.1) is 0 Å². The van der Waals surface area contributed by atoms with Crippen LogP contribution < -0.4 is 0 Å². The highest BCUT2D eigenvalue weighted by atomic mass is 32.2. The standard InChI is InChI=1S/C24H26N4S/c1-3-9-20(10-4-1)15-16-23-26-27-24(29-19-21-11-5-2-6-12-21)28(23)18-8-14-22-13-7-17-25-22/h1-6,9-13,17H,7-8,14-16,18-19H2. The van der Waals surface area contributed by atoms with Gasteiger partial charge in [-0.2, -0.15) is 0 Å². The van der Waals surface area contributed by atoms with E-state index in [9.17, 15) is 0 Å². The van der Waals surface area contributed by atoms with E-state index in [4.69, 9.17) is 0 Å². The van der Waals surface area contributed by atoms with Gasteiger partial charge in [-0.3, -0.25) is 4.99 Å². The maximum atomic E-state index is 4.54. The Morgan fingerprint density at radius 1 is 0.828 bits per heavy atom. The Morgan fingerprint density at radius 2 is 1.59 bits per heavy atom. The summed E-state index contributed by atoms with van der Waals surface area (Å²) in [6.45, 7) is 0.932. The van der Waals surface area contributed by atoms with Crippen molar-refractivity contribution < 1.29 is 0 Å². The van der Waals surface area contributed by atoms with Crippen LogP contribution in [-0.4, -0.2) is 21.0 Å². The van der Waals surface area contributed by atoms with Crippen molar-refractivity contribution in [2.75, 3.05) is 0 Å². The van der Waals surface area contributed by atoms with E-state index in [-0.39, 0.29) is 0 Å². The van der Waals surface area contributed by atoms with Gasteiger partial charge in [-0.05, 0) is 30.4 Å². The molecule has 1 aliphatic rings. The monoisotopic (exact) mass is 402 g/mol. The van der Waals surface area contributed by atoms with Crippen LogP contribution in [0.2, 0.25) is 0 Å². The van der Waals surface area contributed by atoms with E-state index in [0.29, 0.717) is 0 Å². The molecule has 1 aliphatic heterocycles. The molecule has 5 heteroatoms. The largest absolute Gasteiger partial charge is 0.306 e. The van der Waals surface area contributed by atoms with Gasteiger partial charge in [-0.15, -0.1) is 10.2 Å². The summed E-state index contributed by atoms with van der Waals surface area (Å²) in [6.07, 6.45) is 9.13. The number of aliphatic imine (C=N–C) groups is 1. The molecule has 0 aliphatic carbocycles. The van der Waals surface area contributed by atoms with E-state index in [1.807, 2.05) is 6.21 Å². The van der Waals surface area contributed by atoms with E-state index in [1.54, 1.807) is 11.8 Å². The molecule has 0 bridgehead atoms. The lowest BCUT2D eigenvalue weighted by molar-refractivity contribution is 0.566. The lowest BCUT2D eigenvalue weighted by Crippen LogP contribution is -2.07. The van der Waals surface area contributed by atoms with Crippen LogP contribution >= 0.6 is 11.8 Å². The van der Waals surface area contributed by atoms with Gasteiger partial charge < -0.3 is 4.57 Å². The van der Waals surface area contributed by atoms with Gasteiger partial charge in [-0.25, -0.2) is 0 Å². The van der Waals surface area contributed by atoms with Crippen molar-refractivity contribution in [1.82, 2.24) is 14.8 Å². The highest BCUT2D eigenvalue weighted by Gasteiger charge is 2.13. The van der Waals surface area contributed by atoms with E-state index < -0.39 is 0 Å². The van der Waals surface area contributed by atoms with E-state index in [1.165, 1.54) is 16.8 Å². The summed E-state index contributed by atoms with van der Waals surface area (Å²) in [5, 5.41) is 10.1. The zero-order valence-electron chi connectivity index (χ0n) is 16.6. The number of aryl methyl sites for hydroxylation is 2. The normalized spacial score (nSPS) is 13.0. The highest BCUT2D eigenvalue weighted by molar-refractivity contribution is 7.98. The van der Waals surface area contributed by atoms with Crippen molar-refractivity contribution in [1.29, 1.82) is 0 Å². The number of rotatable bonds is 10. The molecule has 0 N–H and O–H groups in total. The predicted octanol–water partition coefficient (Wildman–Crippen LogP) is 5.49.